The van der Waals surface area contributed by atoms with Crippen molar-refractivity contribution >= 4 is 33.0 Å². The summed E-state index contributed by atoms with van der Waals surface area (Å²) >= 11 is 0. The van der Waals surface area contributed by atoms with Crippen molar-refractivity contribution in [2.45, 2.75) is 11.8 Å². The fourth-order valence-corrected chi connectivity index (χ4v) is 2.91. The maximum Gasteiger partial charge on any atom is 0.262 e. The Morgan fingerprint density at radius 3 is 2.24 bits per heavy atom. The molecule has 7 nitrogen and oxygen atoms in total. The van der Waals surface area contributed by atoms with Crippen molar-refractivity contribution < 1.29 is 22.7 Å². The first-order valence-electron chi connectivity index (χ1n) is 7.35. The van der Waals surface area contributed by atoms with Gasteiger partial charge < -0.3 is 15.4 Å². The number of ether oxygens (including phenoxy) is 1. The first kappa shape index (κ1) is 18.5. The molecule has 0 bridgehead atoms. The van der Waals surface area contributed by atoms with Crippen LogP contribution >= 0.6 is 0 Å². The number of benzene rings is 2. The summed E-state index contributed by atoms with van der Waals surface area (Å²) < 4.78 is 28.8. The van der Waals surface area contributed by atoms with E-state index in [4.69, 9.17) is 4.74 Å². The van der Waals surface area contributed by atoms with Crippen LogP contribution in [-0.2, 0) is 19.4 Å². The lowest BCUT2D eigenvalue weighted by Gasteiger charge is -2.11. The summed E-state index contributed by atoms with van der Waals surface area (Å²) in [4.78, 5) is 23.0. The van der Waals surface area contributed by atoms with Crippen LogP contribution in [0, 0.1) is 0 Å². The molecule has 2 aromatic rings. The van der Waals surface area contributed by atoms with E-state index >= 15 is 0 Å². The second kappa shape index (κ2) is 7.80. The molecule has 2 rings (SSSR count). The number of carbonyl (C=O) groups is 2. The smallest absolute Gasteiger partial charge is 0.262 e. The van der Waals surface area contributed by atoms with E-state index in [1.807, 2.05) is 0 Å². The monoisotopic (exact) mass is 362 g/mol. The molecule has 0 saturated carbocycles. The van der Waals surface area contributed by atoms with Crippen molar-refractivity contribution in [1.82, 2.24) is 0 Å². The molecule has 0 saturated heterocycles. The highest BCUT2D eigenvalue weighted by molar-refractivity contribution is 7.90. The molecule has 2 amide bonds. The van der Waals surface area contributed by atoms with Gasteiger partial charge in [-0.25, -0.2) is 8.42 Å². The van der Waals surface area contributed by atoms with Crippen molar-refractivity contribution in [2.75, 3.05) is 23.5 Å². The number of sulfone groups is 1. The van der Waals surface area contributed by atoms with Gasteiger partial charge in [-0.2, -0.15) is 0 Å². The van der Waals surface area contributed by atoms with Crippen LogP contribution in [0.5, 0.6) is 5.75 Å². The SMILES string of the molecule is CC(=O)Nc1ccc(OCC(=O)Nc2ccccc2S(C)(=O)=O)cc1. The van der Waals surface area contributed by atoms with Gasteiger partial charge in [0.2, 0.25) is 5.91 Å². The van der Waals surface area contributed by atoms with Gasteiger partial charge in [-0.3, -0.25) is 9.59 Å². The van der Waals surface area contributed by atoms with Crippen LogP contribution in [0.1, 0.15) is 6.92 Å². The van der Waals surface area contributed by atoms with E-state index in [1.54, 1.807) is 36.4 Å². The second-order valence-electron chi connectivity index (χ2n) is 5.31. The third-order valence-corrected chi connectivity index (χ3v) is 4.26. The molecular weight excluding hydrogens is 344 g/mol. The summed E-state index contributed by atoms with van der Waals surface area (Å²) in [6.45, 7) is 1.13. The zero-order valence-electron chi connectivity index (χ0n) is 13.8. The summed E-state index contributed by atoms with van der Waals surface area (Å²) in [6, 6.07) is 12.7. The van der Waals surface area contributed by atoms with Crippen LogP contribution in [0.2, 0.25) is 0 Å². The Kier molecular flexibility index (Phi) is 5.76. The third kappa shape index (κ3) is 5.61. The number of rotatable bonds is 6. The van der Waals surface area contributed by atoms with Crippen LogP contribution in [0.15, 0.2) is 53.4 Å². The highest BCUT2D eigenvalue weighted by Crippen LogP contribution is 2.20. The van der Waals surface area contributed by atoms with Crippen LogP contribution in [0.25, 0.3) is 0 Å². The molecule has 0 aromatic heterocycles. The minimum atomic E-state index is -3.45. The van der Waals surface area contributed by atoms with E-state index < -0.39 is 15.7 Å². The lowest BCUT2D eigenvalue weighted by Crippen LogP contribution is -2.21. The average molecular weight is 362 g/mol. The van der Waals surface area contributed by atoms with Gasteiger partial charge in [0.25, 0.3) is 5.91 Å². The first-order chi connectivity index (χ1) is 11.8. The third-order valence-electron chi connectivity index (χ3n) is 3.11. The van der Waals surface area contributed by atoms with Crippen LogP contribution < -0.4 is 15.4 Å². The molecule has 0 spiro atoms. The molecule has 0 aliphatic heterocycles. The maximum absolute atomic E-state index is 12.0. The van der Waals surface area contributed by atoms with Gasteiger partial charge >= 0.3 is 0 Å². The Balaban J connectivity index is 1.97. The molecule has 0 unspecified atom stereocenters. The fraction of sp³-hybridized carbons (Fsp3) is 0.176. The zero-order valence-corrected chi connectivity index (χ0v) is 14.6. The molecule has 0 fully saturated rings. The molecule has 132 valence electrons. The van der Waals surface area contributed by atoms with Gasteiger partial charge in [-0.15, -0.1) is 0 Å². The van der Waals surface area contributed by atoms with Gasteiger partial charge in [0.05, 0.1) is 10.6 Å². The minimum Gasteiger partial charge on any atom is -0.484 e. The molecule has 8 heteroatoms. The van der Waals surface area contributed by atoms with Crippen molar-refractivity contribution in [3.05, 3.63) is 48.5 Å². The summed E-state index contributed by atoms with van der Waals surface area (Å²) in [5, 5.41) is 5.14. The van der Waals surface area contributed by atoms with Gasteiger partial charge in [0, 0.05) is 18.9 Å². The minimum absolute atomic E-state index is 0.0445. The van der Waals surface area contributed by atoms with E-state index in [9.17, 15) is 18.0 Å². The van der Waals surface area contributed by atoms with Crippen LogP contribution in [-0.4, -0.2) is 33.1 Å². The zero-order chi connectivity index (χ0) is 18.4. The van der Waals surface area contributed by atoms with Gasteiger partial charge in [-0.05, 0) is 36.4 Å². The molecular formula is C17H18N2O5S. The predicted molar refractivity (Wildman–Crippen MR) is 94.4 cm³/mol. The lowest BCUT2D eigenvalue weighted by atomic mass is 10.3. The van der Waals surface area contributed by atoms with E-state index in [0.717, 1.165) is 6.26 Å². The van der Waals surface area contributed by atoms with E-state index in [1.165, 1.54) is 19.1 Å². The van der Waals surface area contributed by atoms with E-state index in [0.29, 0.717) is 11.4 Å². The Hall–Kier alpha value is -2.87. The average Bonchev–Trinajstić information content (AvgIpc) is 2.53. The quantitative estimate of drug-likeness (QED) is 0.819. The topological polar surface area (TPSA) is 102 Å². The van der Waals surface area contributed by atoms with E-state index in [2.05, 4.69) is 10.6 Å². The molecule has 2 aromatic carbocycles. The van der Waals surface area contributed by atoms with Crippen LogP contribution in [0.3, 0.4) is 0 Å². The maximum atomic E-state index is 12.0. The van der Waals surface area contributed by atoms with Gasteiger partial charge in [0.15, 0.2) is 16.4 Å². The summed E-state index contributed by atoms with van der Waals surface area (Å²) in [5.41, 5.74) is 0.825. The predicted octanol–water partition coefficient (Wildman–Crippen LogP) is 2.07. The largest absolute Gasteiger partial charge is 0.484 e. The molecule has 0 heterocycles. The number of amides is 2. The first-order valence-corrected chi connectivity index (χ1v) is 9.24. The Labute approximate surface area is 145 Å². The van der Waals surface area contributed by atoms with Crippen LogP contribution in [0.4, 0.5) is 11.4 Å². The number of carbonyl (C=O) groups excluding carboxylic acids is 2. The van der Waals surface area contributed by atoms with Crippen molar-refractivity contribution in [2.24, 2.45) is 0 Å². The van der Waals surface area contributed by atoms with E-state index in [-0.39, 0.29) is 23.1 Å². The standard InChI is InChI=1S/C17H18N2O5S/c1-12(20)18-13-7-9-14(10-8-13)24-11-17(21)19-15-5-3-4-6-16(15)25(2,22)23/h3-10H,11H2,1-2H3,(H,18,20)(H,19,21). The van der Waals surface area contributed by atoms with Gasteiger partial charge in [0.1, 0.15) is 5.75 Å². The number of anilines is 2. The normalized spacial score (nSPS) is 10.8. The van der Waals surface area contributed by atoms with Crippen molar-refractivity contribution in [1.29, 1.82) is 0 Å². The molecule has 0 atom stereocenters. The Bertz CT molecular complexity index is 876. The molecule has 25 heavy (non-hydrogen) atoms. The Morgan fingerprint density at radius 1 is 1.00 bits per heavy atom. The number of nitrogens with one attached hydrogen (secondary N) is 2. The molecule has 0 radical (unpaired) electrons. The summed E-state index contributed by atoms with van der Waals surface area (Å²) in [5.74, 6) is -0.222. The van der Waals surface area contributed by atoms with Crippen molar-refractivity contribution in [3.8, 4) is 5.75 Å². The Morgan fingerprint density at radius 2 is 1.64 bits per heavy atom. The summed E-state index contributed by atoms with van der Waals surface area (Å²) in [7, 11) is -3.45. The fourth-order valence-electron chi connectivity index (χ4n) is 2.07. The molecule has 0 aliphatic carbocycles. The number of hydrogen-bond acceptors (Lipinski definition) is 5. The lowest BCUT2D eigenvalue weighted by molar-refractivity contribution is -0.118. The number of hydrogen-bond donors (Lipinski definition) is 2. The molecule has 0 aliphatic rings. The highest BCUT2D eigenvalue weighted by atomic mass is 32.2. The summed E-state index contributed by atoms with van der Waals surface area (Å²) in [6.07, 6.45) is 1.07. The number of para-hydroxylation sites is 1. The molecule has 2 N–H and O–H groups in total. The second-order valence-corrected chi connectivity index (χ2v) is 7.29. The van der Waals surface area contributed by atoms with Gasteiger partial charge in [-0.1, -0.05) is 12.1 Å². The van der Waals surface area contributed by atoms with Crippen molar-refractivity contribution in [3.63, 3.8) is 0 Å². The highest BCUT2D eigenvalue weighted by Gasteiger charge is 2.14.